The van der Waals surface area contributed by atoms with Gasteiger partial charge in [0.25, 0.3) is 11.8 Å². The largest absolute Gasteiger partial charge is 0.483 e. The SMILES string of the molecule is NC(=O)COc1ccc(Cl)cc1/C=N/NC(=O)c1ccc(Br)cc1. The molecule has 0 fully saturated rings. The molecule has 0 atom stereocenters. The minimum absolute atomic E-state index is 0.270. The molecular formula is C16H13BrClN3O3. The van der Waals surface area contributed by atoms with E-state index < -0.39 is 5.91 Å². The van der Waals surface area contributed by atoms with Gasteiger partial charge in [0.1, 0.15) is 5.75 Å². The van der Waals surface area contributed by atoms with Crippen LogP contribution in [0, 0.1) is 0 Å². The van der Waals surface area contributed by atoms with E-state index in [1.807, 2.05) is 0 Å². The number of ether oxygens (including phenoxy) is 1. The molecule has 2 aromatic rings. The van der Waals surface area contributed by atoms with Gasteiger partial charge in [0.05, 0.1) is 6.21 Å². The Morgan fingerprint density at radius 3 is 2.62 bits per heavy atom. The number of nitrogens with zero attached hydrogens (tertiary/aromatic N) is 1. The van der Waals surface area contributed by atoms with Gasteiger partial charge in [-0.3, -0.25) is 9.59 Å². The molecule has 0 saturated carbocycles. The van der Waals surface area contributed by atoms with Gasteiger partial charge in [0.15, 0.2) is 6.61 Å². The number of nitrogens with two attached hydrogens (primary N) is 1. The topological polar surface area (TPSA) is 93.8 Å². The van der Waals surface area contributed by atoms with Gasteiger partial charge in [0.2, 0.25) is 0 Å². The number of hydrogen-bond acceptors (Lipinski definition) is 4. The van der Waals surface area contributed by atoms with Gasteiger partial charge in [0, 0.05) is 20.6 Å². The highest BCUT2D eigenvalue weighted by Gasteiger charge is 2.06. The summed E-state index contributed by atoms with van der Waals surface area (Å²) in [5, 5.41) is 4.34. The van der Waals surface area contributed by atoms with Gasteiger partial charge in [-0.15, -0.1) is 0 Å². The van der Waals surface area contributed by atoms with Crippen molar-refractivity contribution in [2.45, 2.75) is 0 Å². The first-order chi connectivity index (χ1) is 11.5. The summed E-state index contributed by atoms with van der Waals surface area (Å²) >= 11 is 9.23. The van der Waals surface area contributed by atoms with E-state index in [1.54, 1.807) is 42.5 Å². The molecule has 124 valence electrons. The summed E-state index contributed by atoms with van der Waals surface area (Å²) in [6.45, 7) is -0.270. The maximum atomic E-state index is 12.0. The lowest BCUT2D eigenvalue weighted by molar-refractivity contribution is -0.119. The standard InChI is InChI=1S/C16H13BrClN3O3/c17-12-3-1-10(2-4-12)16(23)21-20-8-11-7-13(18)5-6-14(11)24-9-15(19)22/h1-8H,9H2,(H2,19,22)(H,21,23)/b20-8+. The average molecular weight is 411 g/mol. The predicted molar refractivity (Wildman–Crippen MR) is 95.3 cm³/mol. The number of rotatable bonds is 6. The van der Waals surface area contributed by atoms with Crippen molar-refractivity contribution < 1.29 is 14.3 Å². The molecule has 0 radical (unpaired) electrons. The van der Waals surface area contributed by atoms with Gasteiger partial charge in [-0.2, -0.15) is 5.10 Å². The number of nitrogens with one attached hydrogen (secondary N) is 1. The first-order valence-corrected chi connectivity index (χ1v) is 7.92. The second-order valence-corrected chi connectivity index (χ2v) is 6.00. The van der Waals surface area contributed by atoms with Crippen molar-refractivity contribution in [3.63, 3.8) is 0 Å². The molecule has 0 spiro atoms. The van der Waals surface area contributed by atoms with Gasteiger partial charge in [-0.05, 0) is 42.5 Å². The Balaban J connectivity index is 2.07. The van der Waals surface area contributed by atoms with Crippen molar-refractivity contribution in [1.82, 2.24) is 5.43 Å². The molecule has 3 N–H and O–H groups in total. The third-order valence-electron chi connectivity index (χ3n) is 2.82. The minimum Gasteiger partial charge on any atom is -0.483 e. The van der Waals surface area contributed by atoms with Crippen LogP contribution < -0.4 is 15.9 Å². The van der Waals surface area contributed by atoms with E-state index in [2.05, 4.69) is 26.5 Å². The van der Waals surface area contributed by atoms with Crippen molar-refractivity contribution in [1.29, 1.82) is 0 Å². The van der Waals surface area contributed by atoms with Crippen LogP contribution in [0.1, 0.15) is 15.9 Å². The van der Waals surface area contributed by atoms with Crippen LogP contribution in [-0.2, 0) is 4.79 Å². The zero-order chi connectivity index (χ0) is 17.5. The van der Waals surface area contributed by atoms with E-state index in [9.17, 15) is 9.59 Å². The molecule has 24 heavy (non-hydrogen) atoms. The summed E-state index contributed by atoms with van der Waals surface area (Å²) in [7, 11) is 0. The Bertz CT molecular complexity index is 779. The Morgan fingerprint density at radius 2 is 1.96 bits per heavy atom. The summed E-state index contributed by atoms with van der Waals surface area (Å²) in [5.74, 6) is -0.586. The summed E-state index contributed by atoms with van der Waals surface area (Å²) in [5.41, 5.74) is 8.42. The smallest absolute Gasteiger partial charge is 0.271 e. The normalized spacial score (nSPS) is 10.6. The average Bonchev–Trinajstić information content (AvgIpc) is 2.54. The molecule has 0 unspecified atom stereocenters. The molecule has 6 nitrogen and oxygen atoms in total. The van der Waals surface area contributed by atoms with E-state index in [4.69, 9.17) is 22.1 Å². The van der Waals surface area contributed by atoms with E-state index in [-0.39, 0.29) is 12.5 Å². The number of halogens is 2. The summed E-state index contributed by atoms with van der Waals surface area (Å²) in [6.07, 6.45) is 1.37. The molecule has 0 aromatic heterocycles. The Morgan fingerprint density at radius 1 is 1.25 bits per heavy atom. The fourth-order valence-electron chi connectivity index (χ4n) is 1.73. The zero-order valence-electron chi connectivity index (χ0n) is 12.3. The molecular weight excluding hydrogens is 398 g/mol. The third-order valence-corrected chi connectivity index (χ3v) is 3.58. The number of primary amides is 1. The van der Waals surface area contributed by atoms with Crippen LogP contribution in [0.15, 0.2) is 52.0 Å². The third kappa shape index (κ3) is 5.36. The Kier molecular flexibility index (Phi) is 6.34. The van der Waals surface area contributed by atoms with Gasteiger partial charge >= 0.3 is 0 Å². The molecule has 0 saturated heterocycles. The van der Waals surface area contributed by atoms with Crippen LogP contribution in [0.3, 0.4) is 0 Å². The lowest BCUT2D eigenvalue weighted by Crippen LogP contribution is -2.20. The van der Waals surface area contributed by atoms with Gasteiger partial charge in [-0.1, -0.05) is 27.5 Å². The molecule has 2 rings (SSSR count). The molecule has 2 aromatic carbocycles. The van der Waals surface area contributed by atoms with E-state index >= 15 is 0 Å². The minimum atomic E-state index is -0.601. The Hall–Kier alpha value is -2.38. The molecule has 0 aliphatic rings. The highest BCUT2D eigenvalue weighted by molar-refractivity contribution is 9.10. The number of amides is 2. The molecule has 0 heterocycles. The monoisotopic (exact) mass is 409 g/mol. The van der Waals surface area contributed by atoms with Crippen molar-refractivity contribution >= 4 is 45.6 Å². The van der Waals surface area contributed by atoms with Gasteiger partial charge in [-0.25, -0.2) is 5.43 Å². The highest BCUT2D eigenvalue weighted by Crippen LogP contribution is 2.21. The molecule has 0 aliphatic carbocycles. The number of carbonyl (C=O) groups excluding carboxylic acids is 2. The van der Waals surface area contributed by atoms with Crippen molar-refractivity contribution in [3.05, 3.63) is 63.1 Å². The Labute approximate surface area is 151 Å². The van der Waals surface area contributed by atoms with Crippen LogP contribution in [-0.4, -0.2) is 24.6 Å². The quantitative estimate of drug-likeness (QED) is 0.566. The predicted octanol–water partition coefficient (Wildman–Crippen LogP) is 2.73. The number of benzene rings is 2. The zero-order valence-corrected chi connectivity index (χ0v) is 14.7. The summed E-state index contributed by atoms with van der Waals surface area (Å²) < 4.78 is 6.14. The lowest BCUT2D eigenvalue weighted by Gasteiger charge is -2.07. The van der Waals surface area contributed by atoms with E-state index in [1.165, 1.54) is 6.21 Å². The number of carbonyl (C=O) groups is 2. The molecule has 0 aliphatic heterocycles. The van der Waals surface area contributed by atoms with Crippen LogP contribution >= 0.6 is 27.5 Å². The van der Waals surface area contributed by atoms with Crippen molar-refractivity contribution in [2.75, 3.05) is 6.61 Å². The highest BCUT2D eigenvalue weighted by atomic mass is 79.9. The second kappa shape index (κ2) is 8.47. The van der Waals surface area contributed by atoms with Gasteiger partial charge < -0.3 is 10.5 Å². The number of hydrogen-bond donors (Lipinski definition) is 2. The molecule has 8 heteroatoms. The second-order valence-electron chi connectivity index (χ2n) is 4.64. The fraction of sp³-hybridized carbons (Fsp3) is 0.0625. The maximum absolute atomic E-state index is 12.0. The molecule has 2 amide bonds. The van der Waals surface area contributed by atoms with Crippen LogP contribution in [0.25, 0.3) is 0 Å². The summed E-state index contributed by atoms with van der Waals surface area (Å²) in [6, 6.07) is 11.6. The fourth-order valence-corrected chi connectivity index (χ4v) is 2.17. The molecule has 0 bridgehead atoms. The lowest BCUT2D eigenvalue weighted by atomic mass is 10.2. The van der Waals surface area contributed by atoms with E-state index in [0.29, 0.717) is 21.9 Å². The summed E-state index contributed by atoms with van der Waals surface area (Å²) in [4.78, 5) is 22.8. The maximum Gasteiger partial charge on any atom is 0.271 e. The van der Waals surface area contributed by atoms with E-state index in [0.717, 1.165) is 4.47 Å². The first-order valence-electron chi connectivity index (χ1n) is 6.75. The number of hydrazone groups is 1. The van der Waals surface area contributed by atoms with Crippen LogP contribution in [0.5, 0.6) is 5.75 Å². The van der Waals surface area contributed by atoms with Crippen molar-refractivity contribution in [3.8, 4) is 5.75 Å². The van der Waals surface area contributed by atoms with Crippen LogP contribution in [0.2, 0.25) is 5.02 Å². The van der Waals surface area contributed by atoms with Crippen molar-refractivity contribution in [2.24, 2.45) is 10.8 Å². The van der Waals surface area contributed by atoms with Crippen LogP contribution in [0.4, 0.5) is 0 Å². The first kappa shape index (κ1) is 18.0.